The van der Waals surface area contributed by atoms with Crippen molar-refractivity contribution in [2.24, 2.45) is 5.10 Å². The van der Waals surface area contributed by atoms with Crippen molar-refractivity contribution in [2.75, 3.05) is 26.7 Å². The molecule has 0 aliphatic carbocycles. The molecule has 7 nitrogen and oxygen atoms in total. The molecule has 2 N–H and O–H groups in total. The van der Waals surface area contributed by atoms with Gasteiger partial charge in [0.25, 0.3) is 6.47 Å². The number of hydrogen-bond acceptors (Lipinski definition) is 7. The molecule has 0 aromatic heterocycles. The predicted molar refractivity (Wildman–Crippen MR) is 128 cm³/mol. The average Bonchev–Trinajstić information content (AvgIpc) is 3.25. The van der Waals surface area contributed by atoms with Crippen molar-refractivity contribution in [1.29, 1.82) is 0 Å². The molecule has 2 aliphatic rings. The zero-order valence-electron chi connectivity index (χ0n) is 18.8. The zero-order chi connectivity index (χ0) is 22.8. The molecule has 1 fully saturated rings. The largest absolute Gasteiger partial charge is 0.468 e. The van der Waals surface area contributed by atoms with Crippen molar-refractivity contribution >= 4 is 23.9 Å². The first-order chi connectivity index (χ1) is 15.6. The second-order valence-electron chi connectivity index (χ2n) is 8.14. The van der Waals surface area contributed by atoms with Crippen molar-refractivity contribution in [1.82, 2.24) is 21.0 Å². The quantitative estimate of drug-likeness (QED) is 0.618. The third kappa shape index (κ3) is 6.45. The van der Waals surface area contributed by atoms with Gasteiger partial charge in [0, 0.05) is 16.9 Å². The van der Waals surface area contributed by atoms with Gasteiger partial charge >= 0.3 is 0 Å². The van der Waals surface area contributed by atoms with Gasteiger partial charge in [-0.05, 0) is 63.2 Å². The number of benzene rings is 2. The molecular weight excluding hydrogens is 426 g/mol. The summed E-state index contributed by atoms with van der Waals surface area (Å²) in [6.45, 7) is 5.63. The van der Waals surface area contributed by atoms with Gasteiger partial charge in [0.15, 0.2) is 0 Å². The van der Waals surface area contributed by atoms with Crippen LogP contribution in [0.2, 0.25) is 5.02 Å². The molecule has 0 unspecified atom stereocenters. The Balaban J connectivity index is 0.000000523. The van der Waals surface area contributed by atoms with Crippen LogP contribution in [-0.2, 0) is 21.5 Å². The number of likely N-dealkylation sites (tertiary alicyclic amines) is 1. The molecule has 8 heteroatoms. The van der Waals surface area contributed by atoms with Crippen LogP contribution < -0.4 is 11.1 Å². The van der Waals surface area contributed by atoms with E-state index in [1.54, 1.807) is 6.92 Å². The van der Waals surface area contributed by atoms with Crippen molar-refractivity contribution < 1.29 is 9.53 Å². The lowest BCUT2D eigenvalue weighted by atomic mass is 9.70. The third-order valence-electron chi connectivity index (χ3n) is 6.00. The highest BCUT2D eigenvalue weighted by atomic mass is 35.5. The summed E-state index contributed by atoms with van der Waals surface area (Å²) >= 11 is 6.01. The van der Waals surface area contributed by atoms with Gasteiger partial charge in [0.1, 0.15) is 5.84 Å². The number of piperidine rings is 1. The van der Waals surface area contributed by atoms with Crippen molar-refractivity contribution in [3.63, 3.8) is 0 Å². The fourth-order valence-corrected chi connectivity index (χ4v) is 4.22. The van der Waals surface area contributed by atoms with E-state index in [0.29, 0.717) is 13.1 Å². The lowest BCUT2D eigenvalue weighted by molar-refractivity contribution is -0.128. The van der Waals surface area contributed by atoms with E-state index in [4.69, 9.17) is 11.6 Å². The summed E-state index contributed by atoms with van der Waals surface area (Å²) < 4.78 is 4.15. The summed E-state index contributed by atoms with van der Waals surface area (Å²) in [7, 11) is 2.21. The van der Waals surface area contributed by atoms with Crippen LogP contribution in [-0.4, -0.2) is 49.0 Å². The first-order valence-corrected chi connectivity index (χ1v) is 11.3. The summed E-state index contributed by atoms with van der Waals surface area (Å²) in [6, 6.07) is 18.9. The van der Waals surface area contributed by atoms with Crippen LogP contribution in [0.15, 0.2) is 59.7 Å². The summed E-state index contributed by atoms with van der Waals surface area (Å²) in [5.41, 5.74) is 8.86. The number of hydrazine groups is 2. The number of carbonyl (C=O) groups is 1. The first-order valence-electron chi connectivity index (χ1n) is 10.9. The van der Waals surface area contributed by atoms with Crippen LogP contribution >= 0.6 is 11.6 Å². The van der Waals surface area contributed by atoms with Crippen LogP contribution in [0.1, 0.15) is 37.3 Å². The Kier molecular flexibility index (Phi) is 8.90. The number of amidine groups is 1. The van der Waals surface area contributed by atoms with Crippen LogP contribution in [0.5, 0.6) is 0 Å². The number of nitrogens with one attached hydrogen (secondary N) is 2. The maximum Gasteiger partial charge on any atom is 0.293 e. The number of hydrazone groups is 1. The number of rotatable bonds is 7. The Morgan fingerprint density at radius 3 is 2.41 bits per heavy atom. The Hall–Kier alpha value is -2.61. The smallest absolute Gasteiger partial charge is 0.293 e. The highest BCUT2D eigenvalue weighted by molar-refractivity contribution is 6.30. The van der Waals surface area contributed by atoms with E-state index < -0.39 is 0 Å². The number of carbonyl (C=O) groups excluding carboxylic acids is 1. The van der Waals surface area contributed by atoms with Crippen molar-refractivity contribution in [3.05, 3.63) is 70.7 Å². The molecule has 0 spiro atoms. The number of ether oxygens (including phenoxy) is 1. The van der Waals surface area contributed by atoms with Crippen molar-refractivity contribution in [2.45, 2.75) is 38.1 Å². The molecule has 2 aromatic carbocycles. The minimum Gasteiger partial charge on any atom is -0.468 e. The topological polar surface area (TPSA) is 69.2 Å². The second kappa shape index (κ2) is 11.9. The Labute approximate surface area is 195 Å². The summed E-state index contributed by atoms with van der Waals surface area (Å²) in [6.07, 6.45) is 3.20. The lowest BCUT2D eigenvalue weighted by Gasteiger charge is -2.42. The van der Waals surface area contributed by atoms with Crippen LogP contribution in [0.3, 0.4) is 0 Å². The van der Waals surface area contributed by atoms with Crippen LogP contribution in [0, 0.1) is 0 Å². The monoisotopic (exact) mass is 457 g/mol. The molecule has 2 heterocycles. The van der Waals surface area contributed by atoms with Gasteiger partial charge in [-0.2, -0.15) is 0 Å². The molecule has 2 aromatic rings. The van der Waals surface area contributed by atoms with Gasteiger partial charge in [-0.15, -0.1) is 10.6 Å². The molecule has 0 atom stereocenters. The van der Waals surface area contributed by atoms with Crippen LogP contribution in [0.4, 0.5) is 0 Å². The van der Waals surface area contributed by atoms with E-state index in [1.807, 2.05) is 12.1 Å². The number of hydrogen-bond donors (Lipinski definition) is 2. The van der Waals surface area contributed by atoms with Gasteiger partial charge in [0.2, 0.25) is 0 Å². The molecule has 32 heavy (non-hydrogen) atoms. The van der Waals surface area contributed by atoms with E-state index in [9.17, 15) is 4.79 Å². The van der Waals surface area contributed by atoms with Gasteiger partial charge in [-0.3, -0.25) is 9.80 Å². The van der Waals surface area contributed by atoms with Gasteiger partial charge in [0.05, 0.1) is 13.2 Å². The molecule has 0 bridgehead atoms. The molecule has 0 radical (unpaired) electrons. The third-order valence-corrected chi connectivity index (χ3v) is 6.25. The minimum atomic E-state index is 0.124. The molecule has 0 saturated carbocycles. The Morgan fingerprint density at radius 1 is 1.12 bits per heavy atom. The first kappa shape index (κ1) is 24.0. The highest BCUT2D eigenvalue weighted by Crippen LogP contribution is 2.39. The fraction of sp³-hybridized carbons (Fsp3) is 0.417. The Morgan fingerprint density at radius 2 is 1.81 bits per heavy atom. The number of nitrogens with zero attached hydrogens (tertiary/aromatic N) is 3. The van der Waals surface area contributed by atoms with E-state index in [-0.39, 0.29) is 5.41 Å². The summed E-state index contributed by atoms with van der Waals surface area (Å²) in [4.78, 5) is 11.6. The van der Waals surface area contributed by atoms with E-state index in [0.717, 1.165) is 49.8 Å². The molecule has 4 rings (SSSR count). The molecule has 1 saturated heterocycles. The number of halogens is 1. The molecule has 0 amide bonds. The zero-order valence-corrected chi connectivity index (χ0v) is 19.5. The standard InChI is InChI=1S/C21H26ClN5.C3H6O2/c1-26-13-11-21(12-14-26,18-5-3-2-4-6-18)15-20-23-24-25-27(20)16-17-7-9-19(22)10-8-17;1-2-5-3-4/h2-10,24-25H,11-16H2,1H3;3H,2H2,1H3. The minimum absolute atomic E-state index is 0.124. The second-order valence-corrected chi connectivity index (χ2v) is 8.58. The Bertz CT molecular complexity index is 868. The molecule has 2 aliphatic heterocycles. The molecular formula is C24H32ClN5O2. The maximum absolute atomic E-state index is 9.18. The SMILES string of the molecule is CCOC=O.CN1CCC(CC2=NNNN2Cc2ccc(Cl)cc2)(c2ccccc2)CC1. The summed E-state index contributed by atoms with van der Waals surface area (Å²) in [5.74, 6) is 1.05. The predicted octanol–water partition coefficient (Wildman–Crippen LogP) is 3.71. The molecule has 172 valence electrons. The van der Waals surface area contributed by atoms with Gasteiger partial charge in [-0.25, -0.2) is 5.53 Å². The van der Waals surface area contributed by atoms with Crippen molar-refractivity contribution in [3.8, 4) is 0 Å². The van der Waals surface area contributed by atoms with E-state index >= 15 is 0 Å². The lowest BCUT2D eigenvalue weighted by Crippen LogP contribution is -2.46. The maximum atomic E-state index is 9.18. The van der Waals surface area contributed by atoms with Gasteiger partial charge in [-0.1, -0.05) is 54.1 Å². The average molecular weight is 458 g/mol. The normalized spacial score (nSPS) is 17.6. The summed E-state index contributed by atoms with van der Waals surface area (Å²) in [5, 5.41) is 7.42. The van der Waals surface area contributed by atoms with E-state index in [2.05, 4.69) is 80.3 Å². The highest BCUT2D eigenvalue weighted by Gasteiger charge is 2.38. The van der Waals surface area contributed by atoms with Gasteiger partial charge < -0.3 is 9.64 Å². The van der Waals surface area contributed by atoms with Crippen LogP contribution in [0.25, 0.3) is 0 Å². The fourth-order valence-electron chi connectivity index (χ4n) is 4.09. The van der Waals surface area contributed by atoms with E-state index in [1.165, 1.54) is 11.1 Å².